The number of carbonyl (C=O) groups excluding carboxylic acids is 2. The molecule has 0 aliphatic carbocycles. The Morgan fingerprint density at radius 2 is 1.82 bits per heavy atom. The van der Waals surface area contributed by atoms with Crippen LogP contribution in [0.15, 0.2) is 10.5 Å². The Balaban J connectivity index is 2.29. The highest BCUT2D eigenvalue weighted by atomic mass is 16.3. The number of aliphatic hydroxyl groups excluding tert-OH is 1. The molecule has 1 aromatic heterocycles. The lowest BCUT2D eigenvalue weighted by Gasteiger charge is -2.12. The van der Waals surface area contributed by atoms with Crippen LogP contribution in [0.3, 0.4) is 0 Å². The molecule has 1 aromatic rings. The number of aliphatic hydroxyl groups is 1. The van der Waals surface area contributed by atoms with Gasteiger partial charge < -0.3 is 25.1 Å². The van der Waals surface area contributed by atoms with E-state index in [1.165, 1.54) is 0 Å². The maximum atomic E-state index is 11.6. The van der Waals surface area contributed by atoms with Crippen LogP contribution in [0.5, 0.6) is 0 Å². The van der Waals surface area contributed by atoms with Crippen molar-refractivity contribution in [3.8, 4) is 0 Å². The fourth-order valence-corrected chi connectivity index (χ4v) is 2.01. The topological polar surface area (TPSA) is 94.8 Å². The van der Waals surface area contributed by atoms with Gasteiger partial charge in [-0.05, 0) is 40.4 Å². The number of amides is 2. The van der Waals surface area contributed by atoms with Crippen molar-refractivity contribution in [2.24, 2.45) is 0 Å². The molecule has 0 fully saturated rings. The van der Waals surface area contributed by atoms with Crippen molar-refractivity contribution in [3.05, 3.63) is 23.2 Å². The fourth-order valence-electron chi connectivity index (χ4n) is 2.01. The van der Waals surface area contributed by atoms with Crippen LogP contribution in [0.1, 0.15) is 29.6 Å². The van der Waals surface area contributed by atoms with Crippen LogP contribution in [0.4, 0.5) is 0 Å². The first-order valence-electron chi connectivity index (χ1n) is 7.27. The number of hydrogen-bond acceptors (Lipinski definition) is 5. The van der Waals surface area contributed by atoms with E-state index in [0.29, 0.717) is 30.8 Å². The van der Waals surface area contributed by atoms with Crippen LogP contribution in [0.2, 0.25) is 0 Å². The summed E-state index contributed by atoms with van der Waals surface area (Å²) < 4.78 is 5.35. The van der Waals surface area contributed by atoms with Crippen molar-refractivity contribution in [1.29, 1.82) is 0 Å². The number of likely N-dealkylation sites (N-methyl/N-ethyl adjacent to an activating group) is 1. The number of hydrogen-bond donors (Lipinski definition) is 3. The van der Waals surface area contributed by atoms with Crippen molar-refractivity contribution < 1.29 is 19.1 Å². The second-order valence-electron chi connectivity index (χ2n) is 5.49. The van der Waals surface area contributed by atoms with Gasteiger partial charge in [0.1, 0.15) is 11.5 Å². The summed E-state index contributed by atoms with van der Waals surface area (Å²) >= 11 is 0. The number of aryl methyl sites for hydroxylation is 2. The molecule has 1 unspecified atom stereocenters. The molecule has 1 heterocycles. The van der Waals surface area contributed by atoms with Gasteiger partial charge in [0.2, 0.25) is 0 Å². The molecule has 7 heteroatoms. The summed E-state index contributed by atoms with van der Waals surface area (Å²) in [6, 6.07) is 1.77. The summed E-state index contributed by atoms with van der Waals surface area (Å²) in [5, 5.41) is 15.1. The molecule has 7 nitrogen and oxygen atoms in total. The van der Waals surface area contributed by atoms with Gasteiger partial charge in [0.15, 0.2) is 0 Å². The van der Waals surface area contributed by atoms with Crippen LogP contribution in [0.25, 0.3) is 0 Å². The molecule has 0 saturated heterocycles. The van der Waals surface area contributed by atoms with Gasteiger partial charge >= 0.3 is 11.8 Å². The zero-order valence-electron chi connectivity index (χ0n) is 13.6. The van der Waals surface area contributed by atoms with Crippen molar-refractivity contribution in [2.75, 3.05) is 33.7 Å². The van der Waals surface area contributed by atoms with Gasteiger partial charge in [-0.1, -0.05) is 0 Å². The molecule has 124 valence electrons. The number of rotatable bonds is 7. The standard InChI is InChI=1S/C15H25N3O4/c1-10-9-12(11(2)22-10)13(19)5-6-16-14(20)15(21)17-7-8-18(3)4/h9,13,19H,5-8H2,1-4H3,(H,16,20)(H,17,21). The SMILES string of the molecule is Cc1cc(C(O)CCNC(=O)C(=O)NCCN(C)C)c(C)o1. The van der Waals surface area contributed by atoms with E-state index >= 15 is 0 Å². The van der Waals surface area contributed by atoms with Gasteiger partial charge in [-0.2, -0.15) is 0 Å². The Bertz CT molecular complexity index is 511. The lowest BCUT2D eigenvalue weighted by atomic mass is 10.1. The first kappa shape index (κ1) is 18.2. The monoisotopic (exact) mass is 311 g/mol. The molecule has 22 heavy (non-hydrogen) atoms. The van der Waals surface area contributed by atoms with Gasteiger partial charge in [0.05, 0.1) is 6.10 Å². The smallest absolute Gasteiger partial charge is 0.309 e. The molecule has 0 aliphatic rings. The predicted octanol–water partition coefficient (Wildman–Crippen LogP) is 0.114. The third-order valence-corrected chi connectivity index (χ3v) is 3.19. The summed E-state index contributed by atoms with van der Waals surface area (Å²) in [6.07, 6.45) is -0.411. The molecule has 3 N–H and O–H groups in total. The lowest BCUT2D eigenvalue weighted by Crippen LogP contribution is -2.42. The van der Waals surface area contributed by atoms with Crippen molar-refractivity contribution in [1.82, 2.24) is 15.5 Å². The first-order valence-corrected chi connectivity index (χ1v) is 7.27. The van der Waals surface area contributed by atoms with Crippen molar-refractivity contribution in [3.63, 3.8) is 0 Å². The van der Waals surface area contributed by atoms with Crippen LogP contribution in [-0.2, 0) is 9.59 Å². The van der Waals surface area contributed by atoms with E-state index in [-0.39, 0.29) is 6.54 Å². The van der Waals surface area contributed by atoms with E-state index in [0.717, 1.165) is 5.76 Å². The van der Waals surface area contributed by atoms with E-state index in [9.17, 15) is 14.7 Å². The van der Waals surface area contributed by atoms with Crippen LogP contribution >= 0.6 is 0 Å². The minimum atomic E-state index is -0.727. The van der Waals surface area contributed by atoms with E-state index in [4.69, 9.17) is 4.42 Å². The van der Waals surface area contributed by atoms with Crippen molar-refractivity contribution in [2.45, 2.75) is 26.4 Å². The summed E-state index contributed by atoms with van der Waals surface area (Å²) in [4.78, 5) is 25.0. The van der Waals surface area contributed by atoms with E-state index in [1.807, 2.05) is 25.9 Å². The lowest BCUT2D eigenvalue weighted by molar-refractivity contribution is -0.139. The molecule has 0 aromatic carbocycles. The molecule has 0 saturated carbocycles. The Labute approximate surface area is 130 Å². The number of carbonyl (C=O) groups is 2. The van der Waals surface area contributed by atoms with Crippen molar-refractivity contribution >= 4 is 11.8 Å². The van der Waals surface area contributed by atoms with Gasteiger partial charge in [-0.3, -0.25) is 9.59 Å². The van der Waals surface area contributed by atoms with Gasteiger partial charge in [-0.15, -0.1) is 0 Å². The molecule has 1 rings (SSSR count). The summed E-state index contributed by atoms with van der Waals surface area (Å²) in [6.45, 7) is 4.88. The van der Waals surface area contributed by atoms with Gasteiger partial charge in [0, 0.05) is 25.2 Å². The van der Waals surface area contributed by atoms with Gasteiger partial charge in [0.25, 0.3) is 0 Å². The maximum Gasteiger partial charge on any atom is 0.309 e. The number of nitrogens with one attached hydrogen (secondary N) is 2. The summed E-state index contributed by atoms with van der Waals surface area (Å²) in [7, 11) is 3.76. The van der Waals surface area contributed by atoms with E-state index < -0.39 is 17.9 Å². The normalized spacial score (nSPS) is 12.3. The largest absolute Gasteiger partial charge is 0.466 e. The molecule has 0 spiro atoms. The highest BCUT2D eigenvalue weighted by molar-refractivity contribution is 6.35. The first-order chi connectivity index (χ1) is 10.3. The fraction of sp³-hybridized carbons (Fsp3) is 0.600. The highest BCUT2D eigenvalue weighted by Gasteiger charge is 2.16. The van der Waals surface area contributed by atoms with Gasteiger partial charge in [-0.25, -0.2) is 0 Å². The minimum Gasteiger partial charge on any atom is -0.466 e. The average molecular weight is 311 g/mol. The second-order valence-corrected chi connectivity index (χ2v) is 5.49. The molecule has 0 radical (unpaired) electrons. The summed E-state index contributed by atoms with van der Waals surface area (Å²) in [5.41, 5.74) is 0.710. The third-order valence-electron chi connectivity index (χ3n) is 3.19. The Kier molecular flexibility index (Phi) is 7.07. The van der Waals surface area contributed by atoms with E-state index in [2.05, 4.69) is 10.6 Å². The highest BCUT2D eigenvalue weighted by Crippen LogP contribution is 2.23. The zero-order valence-corrected chi connectivity index (χ0v) is 13.6. The summed E-state index contributed by atoms with van der Waals surface area (Å²) in [5.74, 6) is 0.0475. The van der Waals surface area contributed by atoms with Crippen LogP contribution in [0, 0.1) is 13.8 Å². The number of furan rings is 1. The molecule has 0 bridgehead atoms. The average Bonchev–Trinajstić information content (AvgIpc) is 2.76. The van der Waals surface area contributed by atoms with E-state index in [1.54, 1.807) is 13.0 Å². The Morgan fingerprint density at radius 3 is 2.32 bits per heavy atom. The molecule has 2 amide bonds. The molecular formula is C15H25N3O4. The van der Waals surface area contributed by atoms with Crippen LogP contribution < -0.4 is 10.6 Å². The molecule has 0 aliphatic heterocycles. The number of nitrogens with zero attached hydrogens (tertiary/aromatic N) is 1. The second kappa shape index (κ2) is 8.55. The zero-order chi connectivity index (χ0) is 16.7. The Hall–Kier alpha value is -1.86. The maximum absolute atomic E-state index is 11.6. The van der Waals surface area contributed by atoms with Crippen LogP contribution in [-0.4, -0.2) is 55.6 Å². The Morgan fingerprint density at radius 1 is 1.23 bits per heavy atom. The predicted molar refractivity (Wildman–Crippen MR) is 82.3 cm³/mol. The third kappa shape index (κ3) is 5.87. The molecule has 1 atom stereocenters. The molecular weight excluding hydrogens is 286 g/mol. The minimum absolute atomic E-state index is 0.213. The quantitative estimate of drug-likeness (QED) is 0.622.